The second kappa shape index (κ2) is 11.9. The van der Waals surface area contributed by atoms with Gasteiger partial charge in [-0.2, -0.15) is 0 Å². The summed E-state index contributed by atoms with van der Waals surface area (Å²) < 4.78 is 6.02. The molecule has 0 bridgehead atoms. The third kappa shape index (κ3) is 7.11. The highest BCUT2D eigenvalue weighted by atomic mass is 16.6. The van der Waals surface area contributed by atoms with Crippen molar-refractivity contribution in [1.82, 2.24) is 4.90 Å². The van der Waals surface area contributed by atoms with Gasteiger partial charge in [0.15, 0.2) is 0 Å². The van der Waals surface area contributed by atoms with E-state index in [1.165, 1.54) is 44.1 Å². The molecular formula is C27H45NO2. The molecule has 2 rings (SSSR count). The number of esters is 1. The molecule has 1 aromatic carbocycles. The Kier molecular flexibility index (Phi) is 9.87. The van der Waals surface area contributed by atoms with Gasteiger partial charge in [-0.15, -0.1) is 0 Å². The van der Waals surface area contributed by atoms with Crippen LogP contribution in [0.4, 0.5) is 0 Å². The van der Waals surface area contributed by atoms with Gasteiger partial charge in [0, 0.05) is 12.6 Å². The SMILES string of the molecule is CCCCCCC[C@H]1CC[C@](CCCC)(C(=O)OC(C)(C)C)N1Cc1ccccc1. The van der Waals surface area contributed by atoms with Gasteiger partial charge < -0.3 is 4.74 Å². The molecule has 0 spiro atoms. The first-order valence-electron chi connectivity index (χ1n) is 12.4. The molecule has 0 amide bonds. The number of nitrogens with zero attached hydrogens (tertiary/aromatic N) is 1. The van der Waals surface area contributed by atoms with E-state index in [1.54, 1.807) is 0 Å². The highest BCUT2D eigenvalue weighted by molar-refractivity contribution is 5.81. The van der Waals surface area contributed by atoms with Crippen molar-refractivity contribution < 1.29 is 9.53 Å². The summed E-state index contributed by atoms with van der Waals surface area (Å²) in [6.45, 7) is 11.3. The Labute approximate surface area is 185 Å². The minimum absolute atomic E-state index is 0.00661. The maximum Gasteiger partial charge on any atom is 0.327 e. The van der Waals surface area contributed by atoms with Crippen LogP contribution in [0.2, 0.25) is 0 Å². The Morgan fingerprint density at radius 3 is 2.33 bits per heavy atom. The number of rotatable bonds is 12. The van der Waals surface area contributed by atoms with E-state index in [9.17, 15) is 4.79 Å². The average molecular weight is 416 g/mol. The van der Waals surface area contributed by atoms with Crippen molar-refractivity contribution in [2.24, 2.45) is 0 Å². The van der Waals surface area contributed by atoms with Gasteiger partial charge in [-0.3, -0.25) is 9.69 Å². The van der Waals surface area contributed by atoms with Gasteiger partial charge in [-0.05, 0) is 52.0 Å². The second-order valence-electron chi connectivity index (χ2n) is 10.1. The summed E-state index contributed by atoms with van der Waals surface area (Å²) >= 11 is 0. The number of hydrogen-bond acceptors (Lipinski definition) is 3. The Hall–Kier alpha value is -1.35. The molecule has 0 aliphatic carbocycles. The van der Waals surface area contributed by atoms with Gasteiger partial charge in [0.25, 0.3) is 0 Å². The Balaban J connectivity index is 2.25. The van der Waals surface area contributed by atoms with Crippen LogP contribution in [-0.4, -0.2) is 28.1 Å². The number of unbranched alkanes of at least 4 members (excludes halogenated alkanes) is 5. The highest BCUT2D eigenvalue weighted by Crippen LogP contribution is 2.42. The summed E-state index contributed by atoms with van der Waals surface area (Å²) in [7, 11) is 0. The molecule has 3 heteroatoms. The number of hydrogen-bond donors (Lipinski definition) is 0. The molecule has 0 N–H and O–H groups in total. The van der Waals surface area contributed by atoms with Crippen molar-refractivity contribution >= 4 is 5.97 Å². The summed E-state index contributed by atoms with van der Waals surface area (Å²) in [5, 5.41) is 0. The molecular weight excluding hydrogens is 370 g/mol. The predicted octanol–water partition coefficient (Wildman–Crippen LogP) is 7.28. The molecule has 3 nitrogen and oxygen atoms in total. The van der Waals surface area contributed by atoms with Gasteiger partial charge in [-0.25, -0.2) is 0 Å². The Morgan fingerprint density at radius 2 is 1.70 bits per heavy atom. The van der Waals surface area contributed by atoms with Gasteiger partial charge in [0.1, 0.15) is 11.1 Å². The van der Waals surface area contributed by atoms with E-state index in [2.05, 4.69) is 49.1 Å². The van der Waals surface area contributed by atoms with Crippen LogP contribution in [0.1, 0.15) is 111 Å². The molecule has 30 heavy (non-hydrogen) atoms. The lowest BCUT2D eigenvalue weighted by atomic mass is 9.89. The largest absolute Gasteiger partial charge is 0.459 e. The first kappa shape index (κ1) is 24.9. The fraction of sp³-hybridized carbons (Fsp3) is 0.741. The maximum absolute atomic E-state index is 13.6. The minimum atomic E-state index is -0.479. The minimum Gasteiger partial charge on any atom is -0.459 e. The van der Waals surface area contributed by atoms with E-state index in [0.29, 0.717) is 6.04 Å². The van der Waals surface area contributed by atoms with Crippen molar-refractivity contribution in [2.75, 3.05) is 0 Å². The van der Waals surface area contributed by atoms with Gasteiger partial charge >= 0.3 is 5.97 Å². The van der Waals surface area contributed by atoms with Crippen molar-refractivity contribution in [3.8, 4) is 0 Å². The molecule has 1 saturated heterocycles. The second-order valence-corrected chi connectivity index (χ2v) is 10.1. The Morgan fingerprint density at radius 1 is 1.03 bits per heavy atom. The zero-order chi connectivity index (χ0) is 22.0. The van der Waals surface area contributed by atoms with Crippen LogP contribution in [0.5, 0.6) is 0 Å². The normalized spacial score (nSPS) is 22.4. The molecule has 1 aromatic rings. The molecule has 1 aliphatic heterocycles. The van der Waals surface area contributed by atoms with E-state index < -0.39 is 11.1 Å². The van der Waals surface area contributed by atoms with Crippen LogP contribution < -0.4 is 0 Å². The highest BCUT2D eigenvalue weighted by Gasteiger charge is 2.52. The van der Waals surface area contributed by atoms with Crippen molar-refractivity contribution in [3.05, 3.63) is 35.9 Å². The van der Waals surface area contributed by atoms with Crippen LogP contribution in [0, 0.1) is 0 Å². The molecule has 0 radical (unpaired) electrons. The fourth-order valence-electron chi connectivity index (χ4n) is 4.83. The van der Waals surface area contributed by atoms with Crippen LogP contribution >= 0.6 is 0 Å². The number of ether oxygens (including phenoxy) is 1. The predicted molar refractivity (Wildman–Crippen MR) is 126 cm³/mol. The monoisotopic (exact) mass is 415 g/mol. The molecule has 1 aliphatic rings. The lowest BCUT2D eigenvalue weighted by molar-refractivity contribution is -0.170. The quantitative estimate of drug-likeness (QED) is 0.265. The van der Waals surface area contributed by atoms with Crippen molar-refractivity contribution in [3.63, 3.8) is 0 Å². The topological polar surface area (TPSA) is 29.5 Å². The average Bonchev–Trinajstić information content (AvgIpc) is 3.04. The number of carbonyl (C=O) groups is 1. The molecule has 2 atom stereocenters. The van der Waals surface area contributed by atoms with E-state index in [-0.39, 0.29) is 5.97 Å². The molecule has 1 heterocycles. The maximum atomic E-state index is 13.6. The third-order valence-corrected chi connectivity index (χ3v) is 6.44. The number of benzene rings is 1. The van der Waals surface area contributed by atoms with Crippen LogP contribution in [0.15, 0.2) is 30.3 Å². The van der Waals surface area contributed by atoms with E-state index in [4.69, 9.17) is 4.74 Å². The first-order chi connectivity index (χ1) is 14.3. The van der Waals surface area contributed by atoms with Crippen LogP contribution in [-0.2, 0) is 16.1 Å². The van der Waals surface area contributed by atoms with Crippen LogP contribution in [0.3, 0.4) is 0 Å². The molecule has 0 aromatic heterocycles. The summed E-state index contributed by atoms with van der Waals surface area (Å²) in [6.07, 6.45) is 12.8. The third-order valence-electron chi connectivity index (χ3n) is 6.44. The molecule has 170 valence electrons. The fourth-order valence-corrected chi connectivity index (χ4v) is 4.83. The van der Waals surface area contributed by atoms with Crippen molar-refractivity contribution in [1.29, 1.82) is 0 Å². The van der Waals surface area contributed by atoms with E-state index in [1.807, 2.05) is 20.8 Å². The summed E-state index contributed by atoms with van der Waals surface area (Å²) in [5.74, 6) is -0.00661. The zero-order valence-electron chi connectivity index (χ0n) is 20.2. The molecule has 0 saturated carbocycles. The summed E-state index contributed by atoms with van der Waals surface area (Å²) in [5.41, 5.74) is 0.361. The summed E-state index contributed by atoms with van der Waals surface area (Å²) in [4.78, 5) is 16.1. The standard InChI is InChI=1S/C27H45NO2/c1-6-8-10-11-15-18-24-19-21-27(20-9-7-2,25(29)30-26(3,4)5)28(24)22-23-16-13-12-14-17-23/h12-14,16-17,24H,6-11,15,18-22H2,1-5H3/t24-,27+/m0/s1. The number of carbonyl (C=O) groups excluding carboxylic acids is 1. The van der Waals surface area contributed by atoms with E-state index >= 15 is 0 Å². The van der Waals surface area contributed by atoms with Crippen molar-refractivity contribution in [2.45, 2.75) is 129 Å². The Bertz CT molecular complexity index is 622. The lowest BCUT2D eigenvalue weighted by Gasteiger charge is -2.41. The molecule has 1 fully saturated rings. The van der Waals surface area contributed by atoms with Gasteiger partial charge in [-0.1, -0.05) is 89.1 Å². The number of likely N-dealkylation sites (tertiary alicyclic amines) is 1. The molecule has 0 unspecified atom stereocenters. The summed E-state index contributed by atoms with van der Waals surface area (Å²) in [6, 6.07) is 11.1. The van der Waals surface area contributed by atoms with Gasteiger partial charge in [0.2, 0.25) is 0 Å². The van der Waals surface area contributed by atoms with Crippen LogP contribution in [0.25, 0.3) is 0 Å². The zero-order valence-corrected chi connectivity index (χ0v) is 20.2. The smallest absolute Gasteiger partial charge is 0.327 e. The van der Waals surface area contributed by atoms with Gasteiger partial charge in [0.05, 0.1) is 0 Å². The van der Waals surface area contributed by atoms with E-state index in [0.717, 1.165) is 38.6 Å². The lowest BCUT2D eigenvalue weighted by Crippen LogP contribution is -2.54. The first-order valence-corrected chi connectivity index (χ1v) is 12.4.